The van der Waals surface area contributed by atoms with Crippen LogP contribution in [0.4, 0.5) is 10.1 Å². The van der Waals surface area contributed by atoms with Crippen molar-refractivity contribution in [2.75, 3.05) is 26.1 Å². The van der Waals surface area contributed by atoms with Gasteiger partial charge in [0.05, 0.1) is 12.7 Å². The molecular weight excluding hydrogens is 257 g/mol. The highest BCUT2D eigenvalue weighted by Gasteiger charge is 2.17. The molecule has 0 fully saturated rings. The molecule has 0 saturated carbocycles. The van der Waals surface area contributed by atoms with Crippen LogP contribution in [0, 0.1) is 5.82 Å². The molecule has 3 nitrogen and oxygen atoms in total. The van der Waals surface area contributed by atoms with Gasteiger partial charge in [-0.25, -0.2) is 4.39 Å². The summed E-state index contributed by atoms with van der Waals surface area (Å²) in [5.74, 6) is -0.913. The Bertz CT molecular complexity index is 621. The largest absolute Gasteiger partial charge is 0.494 e. The van der Waals surface area contributed by atoms with Crippen LogP contribution in [0.15, 0.2) is 42.5 Å². The number of nitrogens with zero attached hydrogens (tertiary/aromatic N) is 1. The summed E-state index contributed by atoms with van der Waals surface area (Å²) >= 11 is 0. The molecule has 104 valence electrons. The number of carbonyl (C=O) groups is 1. The molecule has 2 rings (SSSR count). The van der Waals surface area contributed by atoms with Crippen LogP contribution in [-0.2, 0) is 0 Å². The molecule has 0 atom stereocenters. The first-order chi connectivity index (χ1) is 9.54. The van der Waals surface area contributed by atoms with Crippen LogP contribution in [0.2, 0.25) is 0 Å². The lowest BCUT2D eigenvalue weighted by atomic mass is 10.0. The molecule has 0 saturated heterocycles. The van der Waals surface area contributed by atoms with Gasteiger partial charge in [0, 0.05) is 25.3 Å². The third-order valence-electron chi connectivity index (χ3n) is 3.07. The van der Waals surface area contributed by atoms with E-state index in [1.165, 1.54) is 19.2 Å². The van der Waals surface area contributed by atoms with Crippen molar-refractivity contribution in [3.8, 4) is 5.75 Å². The predicted molar refractivity (Wildman–Crippen MR) is 77.2 cm³/mol. The third kappa shape index (κ3) is 2.64. The van der Waals surface area contributed by atoms with E-state index in [9.17, 15) is 9.18 Å². The van der Waals surface area contributed by atoms with E-state index in [0.717, 1.165) is 5.69 Å². The molecule has 0 amide bonds. The number of carbonyl (C=O) groups excluding carboxylic acids is 1. The van der Waals surface area contributed by atoms with E-state index in [0.29, 0.717) is 5.56 Å². The van der Waals surface area contributed by atoms with Crippen LogP contribution in [0.25, 0.3) is 0 Å². The van der Waals surface area contributed by atoms with Crippen LogP contribution >= 0.6 is 0 Å². The number of hydrogen-bond donors (Lipinski definition) is 0. The second-order valence-corrected chi connectivity index (χ2v) is 4.59. The summed E-state index contributed by atoms with van der Waals surface area (Å²) in [5.41, 5.74) is 1.44. The van der Waals surface area contributed by atoms with Gasteiger partial charge >= 0.3 is 0 Å². The fourth-order valence-electron chi connectivity index (χ4n) is 1.91. The van der Waals surface area contributed by atoms with E-state index in [1.54, 1.807) is 18.2 Å². The van der Waals surface area contributed by atoms with Gasteiger partial charge in [-0.1, -0.05) is 6.07 Å². The third-order valence-corrected chi connectivity index (χ3v) is 3.07. The molecule has 0 aromatic heterocycles. The minimum Gasteiger partial charge on any atom is -0.494 e. The zero-order valence-corrected chi connectivity index (χ0v) is 11.7. The highest BCUT2D eigenvalue weighted by Crippen LogP contribution is 2.23. The number of anilines is 1. The number of ketones is 1. The van der Waals surface area contributed by atoms with Gasteiger partial charge in [-0.05, 0) is 36.4 Å². The summed E-state index contributed by atoms with van der Waals surface area (Å²) in [7, 11) is 5.20. The minimum absolute atomic E-state index is 0.0157. The second kappa shape index (κ2) is 5.74. The highest BCUT2D eigenvalue weighted by molar-refractivity contribution is 6.09. The van der Waals surface area contributed by atoms with E-state index >= 15 is 0 Å². The number of benzene rings is 2. The molecule has 0 aliphatic carbocycles. The molecule has 2 aromatic carbocycles. The second-order valence-electron chi connectivity index (χ2n) is 4.59. The lowest BCUT2D eigenvalue weighted by molar-refractivity contribution is 0.103. The Hall–Kier alpha value is -2.36. The lowest BCUT2D eigenvalue weighted by Crippen LogP contribution is -2.09. The Morgan fingerprint density at radius 1 is 1.10 bits per heavy atom. The van der Waals surface area contributed by atoms with Crippen LogP contribution in [0.3, 0.4) is 0 Å². The normalized spacial score (nSPS) is 10.2. The van der Waals surface area contributed by atoms with Gasteiger partial charge in [0.15, 0.2) is 17.3 Å². The molecule has 0 bridgehead atoms. The molecule has 0 aliphatic heterocycles. The van der Waals surface area contributed by atoms with E-state index in [1.807, 2.05) is 31.1 Å². The average Bonchev–Trinajstić information content (AvgIpc) is 2.47. The van der Waals surface area contributed by atoms with Gasteiger partial charge in [-0.3, -0.25) is 4.79 Å². The Morgan fingerprint density at radius 3 is 2.30 bits per heavy atom. The summed E-state index contributed by atoms with van der Waals surface area (Å²) in [6.07, 6.45) is 0. The van der Waals surface area contributed by atoms with E-state index < -0.39 is 5.82 Å². The van der Waals surface area contributed by atoms with Gasteiger partial charge in [-0.2, -0.15) is 0 Å². The van der Waals surface area contributed by atoms with Crippen molar-refractivity contribution < 1.29 is 13.9 Å². The zero-order valence-electron chi connectivity index (χ0n) is 11.7. The fraction of sp³-hybridized carbons (Fsp3) is 0.188. The molecule has 0 spiro atoms. The SMILES string of the molecule is COc1cccc(C(=O)c2ccc(N(C)C)cc2)c1F. The maximum atomic E-state index is 14.1. The van der Waals surface area contributed by atoms with Crippen LogP contribution in [0.1, 0.15) is 15.9 Å². The lowest BCUT2D eigenvalue weighted by Gasteiger charge is -2.12. The summed E-state index contributed by atoms with van der Waals surface area (Å²) < 4.78 is 19.0. The topological polar surface area (TPSA) is 29.5 Å². The predicted octanol–water partition coefficient (Wildman–Crippen LogP) is 3.13. The Labute approximate surface area is 117 Å². The van der Waals surface area contributed by atoms with Gasteiger partial charge in [-0.15, -0.1) is 0 Å². The fourth-order valence-corrected chi connectivity index (χ4v) is 1.91. The van der Waals surface area contributed by atoms with Gasteiger partial charge in [0.2, 0.25) is 0 Å². The number of halogens is 1. The average molecular weight is 273 g/mol. The van der Waals surface area contributed by atoms with Crippen molar-refractivity contribution in [1.82, 2.24) is 0 Å². The standard InChI is InChI=1S/C16H16FNO2/c1-18(2)12-9-7-11(8-10-12)16(19)13-5-4-6-14(20-3)15(13)17/h4-10H,1-3H3. The molecule has 2 aromatic rings. The summed E-state index contributed by atoms with van der Waals surface area (Å²) in [5, 5.41) is 0. The Kier molecular flexibility index (Phi) is 4.03. The van der Waals surface area contributed by atoms with Gasteiger partial charge < -0.3 is 9.64 Å². The Balaban J connectivity index is 2.36. The summed E-state index contributed by atoms with van der Waals surface area (Å²) in [6.45, 7) is 0. The molecule has 0 aliphatic rings. The minimum atomic E-state index is -0.628. The smallest absolute Gasteiger partial charge is 0.196 e. The summed E-state index contributed by atoms with van der Waals surface area (Å²) in [4.78, 5) is 14.2. The van der Waals surface area contributed by atoms with Crippen LogP contribution in [-0.4, -0.2) is 27.0 Å². The molecule has 0 radical (unpaired) electrons. The van der Waals surface area contributed by atoms with Crippen LogP contribution < -0.4 is 9.64 Å². The van der Waals surface area contributed by atoms with Crippen molar-refractivity contribution >= 4 is 11.5 Å². The van der Waals surface area contributed by atoms with Gasteiger partial charge in [0.25, 0.3) is 0 Å². The first-order valence-electron chi connectivity index (χ1n) is 6.19. The quantitative estimate of drug-likeness (QED) is 0.802. The number of hydrogen-bond acceptors (Lipinski definition) is 3. The number of ether oxygens (including phenoxy) is 1. The maximum Gasteiger partial charge on any atom is 0.196 e. The van der Waals surface area contributed by atoms with Gasteiger partial charge in [0.1, 0.15) is 0 Å². The van der Waals surface area contributed by atoms with Crippen LogP contribution in [0.5, 0.6) is 5.75 Å². The first kappa shape index (κ1) is 14.1. The molecule has 0 unspecified atom stereocenters. The molecular formula is C16H16FNO2. The maximum absolute atomic E-state index is 14.1. The van der Waals surface area contributed by atoms with E-state index in [4.69, 9.17) is 4.74 Å². The highest BCUT2D eigenvalue weighted by atomic mass is 19.1. The van der Waals surface area contributed by atoms with E-state index in [-0.39, 0.29) is 17.1 Å². The van der Waals surface area contributed by atoms with E-state index in [2.05, 4.69) is 0 Å². The molecule has 0 heterocycles. The van der Waals surface area contributed by atoms with Crippen molar-refractivity contribution in [2.24, 2.45) is 0 Å². The Morgan fingerprint density at radius 2 is 1.75 bits per heavy atom. The van der Waals surface area contributed by atoms with Crippen molar-refractivity contribution in [2.45, 2.75) is 0 Å². The number of rotatable bonds is 4. The monoisotopic (exact) mass is 273 g/mol. The van der Waals surface area contributed by atoms with Crippen molar-refractivity contribution in [3.05, 3.63) is 59.4 Å². The first-order valence-corrected chi connectivity index (χ1v) is 6.19. The summed E-state index contributed by atoms with van der Waals surface area (Å²) in [6, 6.07) is 11.6. The molecule has 4 heteroatoms. The number of methoxy groups -OCH3 is 1. The molecule has 20 heavy (non-hydrogen) atoms. The molecule has 0 N–H and O–H groups in total. The van der Waals surface area contributed by atoms with Crippen molar-refractivity contribution in [3.63, 3.8) is 0 Å². The zero-order chi connectivity index (χ0) is 14.7. The van der Waals surface area contributed by atoms with Crippen molar-refractivity contribution in [1.29, 1.82) is 0 Å².